The summed E-state index contributed by atoms with van der Waals surface area (Å²) in [5.74, 6) is -3.33. The van der Waals surface area contributed by atoms with Gasteiger partial charge in [0.15, 0.2) is 12.6 Å². The van der Waals surface area contributed by atoms with Crippen molar-refractivity contribution >= 4 is 23.9 Å². The van der Waals surface area contributed by atoms with Crippen LogP contribution in [-0.4, -0.2) is 185 Å². The molecule has 290 valence electrons. The van der Waals surface area contributed by atoms with E-state index in [1.165, 1.54) is 0 Å². The number of ether oxygens (including phenoxy) is 4. The molecule has 2 aliphatic heterocycles. The van der Waals surface area contributed by atoms with E-state index in [0.717, 1.165) is 27.7 Å². The van der Waals surface area contributed by atoms with Crippen LogP contribution in [0.1, 0.15) is 34.1 Å². The fourth-order valence-electron chi connectivity index (χ4n) is 4.40. The summed E-state index contributed by atoms with van der Waals surface area (Å²) < 4.78 is 22.3. The van der Waals surface area contributed by atoms with Gasteiger partial charge in [-0.05, 0) is 6.42 Å². The summed E-state index contributed by atoms with van der Waals surface area (Å²) in [4.78, 5) is 36.0. The first kappa shape index (κ1) is 48.4. The molecule has 2 saturated heterocycles. The Bertz CT molecular complexity index is 880. The highest BCUT2D eigenvalue weighted by Gasteiger charge is 2.51. The molecule has 0 aromatic heterocycles. The summed E-state index contributed by atoms with van der Waals surface area (Å²) in [7, 11) is 0. The smallest absolute Gasteiger partial charge is 0.300 e. The van der Waals surface area contributed by atoms with Crippen molar-refractivity contribution in [1.29, 1.82) is 0 Å². The minimum atomic E-state index is -1.66. The molecule has 49 heavy (non-hydrogen) atoms. The molecule has 2 heterocycles. The minimum absolute atomic E-state index is 0.0945. The summed E-state index contributed by atoms with van der Waals surface area (Å²) in [5, 5.41) is 100. The van der Waals surface area contributed by atoms with E-state index in [-0.39, 0.29) is 13.0 Å². The highest BCUT2D eigenvalue weighted by Crippen LogP contribution is 2.31. The first-order valence-corrected chi connectivity index (χ1v) is 14.5. The Hall–Kier alpha value is -2.72. The number of aliphatic carboxylic acids is 4. The maximum Gasteiger partial charge on any atom is 0.300 e. The lowest BCUT2D eigenvalue weighted by Crippen LogP contribution is -2.68. The van der Waals surface area contributed by atoms with Gasteiger partial charge in [0.25, 0.3) is 23.9 Å². The zero-order valence-corrected chi connectivity index (χ0v) is 27.3. The van der Waals surface area contributed by atoms with E-state index in [1.54, 1.807) is 0 Å². The van der Waals surface area contributed by atoms with Crippen LogP contribution in [0.5, 0.6) is 0 Å². The molecule has 0 amide bonds. The van der Waals surface area contributed by atoms with E-state index < -0.39 is 122 Å². The molecule has 1 aliphatic carbocycles. The van der Waals surface area contributed by atoms with E-state index in [2.05, 4.69) is 0 Å². The lowest BCUT2D eigenvalue weighted by Gasteiger charge is -2.48. The van der Waals surface area contributed by atoms with Gasteiger partial charge in [-0.1, -0.05) is 0 Å². The second-order valence-corrected chi connectivity index (χ2v) is 10.9. The number of aliphatic hydroxyl groups excluding tert-OH is 7. The number of rotatable bonds is 6. The van der Waals surface area contributed by atoms with E-state index in [9.17, 15) is 35.7 Å². The number of carboxylic acids is 4. The van der Waals surface area contributed by atoms with Gasteiger partial charge in [0, 0.05) is 46.3 Å². The van der Waals surface area contributed by atoms with Crippen LogP contribution in [0.25, 0.3) is 0 Å². The molecule has 0 aromatic carbocycles. The van der Waals surface area contributed by atoms with E-state index in [4.69, 9.17) is 81.5 Å². The standard InChI is InChI=1S/C18H36N4O11.4C2H4O2/c19-2-6-9(24)12(27)13(28)18(30-6)33-16-5(21)1-4(20)15(14(16)29)32-17-8(22)11(26)10(25)7(3-23)31-17;4*1-2(3)4/h4-18,23-29H,1-3,19-22H2;4*1H3,(H,3,4)/t4-,5+,6-,7-,8-,9-,10-,11-,12+,13-,14-,15+,16-,17+,18-;;;;/m1..../s1. The number of carboxylic acid groups (broad SMARTS) is 4. The van der Waals surface area contributed by atoms with Crippen molar-refractivity contribution in [1.82, 2.24) is 0 Å². The summed E-state index contributed by atoms with van der Waals surface area (Å²) >= 11 is 0. The molecule has 0 bridgehead atoms. The first-order valence-electron chi connectivity index (χ1n) is 14.5. The van der Waals surface area contributed by atoms with Crippen LogP contribution >= 0.6 is 0 Å². The highest BCUT2D eigenvalue weighted by atomic mass is 16.7. The van der Waals surface area contributed by atoms with E-state index >= 15 is 0 Å². The van der Waals surface area contributed by atoms with Crippen LogP contribution in [0.3, 0.4) is 0 Å². The quantitative estimate of drug-likeness (QED) is 0.121. The average Bonchev–Trinajstić information content (AvgIpc) is 2.96. The molecule has 15 atom stereocenters. The van der Waals surface area contributed by atoms with Gasteiger partial charge in [-0.2, -0.15) is 0 Å². The Kier molecular flexibility index (Phi) is 23.3. The van der Waals surface area contributed by atoms with Gasteiger partial charge < -0.3 is 98.1 Å². The topological polar surface area (TPSA) is 432 Å². The molecule has 3 aliphatic rings. The molecule has 1 saturated carbocycles. The molecular formula is C26H52N4O19. The van der Waals surface area contributed by atoms with Crippen molar-refractivity contribution in [2.75, 3.05) is 13.2 Å². The lowest BCUT2D eigenvalue weighted by molar-refractivity contribution is -0.328. The van der Waals surface area contributed by atoms with Crippen molar-refractivity contribution in [2.45, 2.75) is 126 Å². The largest absolute Gasteiger partial charge is 0.481 e. The predicted octanol–water partition coefficient (Wildman–Crippen LogP) is -6.93. The Morgan fingerprint density at radius 1 is 0.592 bits per heavy atom. The molecule has 23 nitrogen and oxygen atoms in total. The molecule has 0 aromatic rings. The third-order valence-corrected chi connectivity index (χ3v) is 6.47. The average molecular weight is 725 g/mol. The third kappa shape index (κ3) is 17.7. The maximum absolute atomic E-state index is 10.9. The second-order valence-electron chi connectivity index (χ2n) is 10.9. The van der Waals surface area contributed by atoms with Crippen molar-refractivity contribution < 1.29 is 94.3 Å². The molecular weight excluding hydrogens is 672 g/mol. The fourth-order valence-corrected chi connectivity index (χ4v) is 4.40. The van der Waals surface area contributed by atoms with Crippen LogP contribution in [0.4, 0.5) is 0 Å². The molecule has 3 fully saturated rings. The van der Waals surface area contributed by atoms with Crippen LogP contribution in [-0.2, 0) is 38.1 Å². The molecule has 0 spiro atoms. The number of aliphatic hydroxyl groups is 7. The normalized spacial score (nSPS) is 38.2. The lowest BCUT2D eigenvalue weighted by atomic mass is 9.84. The van der Waals surface area contributed by atoms with E-state index in [1.807, 2.05) is 0 Å². The third-order valence-electron chi connectivity index (χ3n) is 6.47. The zero-order chi connectivity index (χ0) is 38.9. The van der Waals surface area contributed by atoms with Gasteiger partial charge in [-0.3, -0.25) is 19.2 Å². The maximum atomic E-state index is 10.9. The van der Waals surface area contributed by atoms with Crippen LogP contribution in [0.2, 0.25) is 0 Å². The van der Waals surface area contributed by atoms with E-state index in [0.29, 0.717) is 0 Å². The van der Waals surface area contributed by atoms with Crippen molar-refractivity contribution in [3.8, 4) is 0 Å². The number of carbonyl (C=O) groups is 4. The molecule has 0 unspecified atom stereocenters. The van der Waals surface area contributed by atoms with Crippen LogP contribution < -0.4 is 22.9 Å². The zero-order valence-electron chi connectivity index (χ0n) is 27.3. The van der Waals surface area contributed by atoms with Gasteiger partial charge in [-0.25, -0.2) is 0 Å². The molecule has 3 rings (SSSR count). The Balaban J connectivity index is 0. The molecule has 19 N–H and O–H groups in total. The van der Waals surface area contributed by atoms with Crippen molar-refractivity contribution in [3.63, 3.8) is 0 Å². The predicted molar refractivity (Wildman–Crippen MR) is 161 cm³/mol. The van der Waals surface area contributed by atoms with Crippen LogP contribution in [0, 0.1) is 0 Å². The summed E-state index contributed by atoms with van der Waals surface area (Å²) in [5.41, 5.74) is 23.6. The second kappa shape index (κ2) is 23.6. The van der Waals surface area contributed by atoms with Gasteiger partial charge in [-0.15, -0.1) is 0 Å². The Morgan fingerprint density at radius 2 is 0.939 bits per heavy atom. The first-order chi connectivity index (χ1) is 22.4. The van der Waals surface area contributed by atoms with Crippen molar-refractivity contribution in [2.24, 2.45) is 22.9 Å². The molecule has 0 radical (unpaired) electrons. The Morgan fingerprint density at radius 3 is 1.31 bits per heavy atom. The van der Waals surface area contributed by atoms with Gasteiger partial charge >= 0.3 is 0 Å². The number of hydrogen-bond acceptors (Lipinski definition) is 19. The van der Waals surface area contributed by atoms with Gasteiger partial charge in [0.05, 0.1) is 12.6 Å². The number of nitrogens with two attached hydrogens (primary N) is 4. The monoisotopic (exact) mass is 724 g/mol. The molecule has 23 heteroatoms. The fraction of sp³-hybridized carbons (Fsp3) is 0.846. The van der Waals surface area contributed by atoms with Gasteiger partial charge in [0.2, 0.25) is 0 Å². The summed E-state index contributed by atoms with van der Waals surface area (Å²) in [6, 6.07) is -2.87. The summed E-state index contributed by atoms with van der Waals surface area (Å²) in [6.45, 7) is 3.55. The highest BCUT2D eigenvalue weighted by molar-refractivity contribution is 5.63. The minimum Gasteiger partial charge on any atom is -0.481 e. The van der Waals surface area contributed by atoms with Gasteiger partial charge in [0.1, 0.15) is 61.0 Å². The Labute approximate surface area is 280 Å². The van der Waals surface area contributed by atoms with Crippen LogP contribution in [0.15, 0.2) is 0 Å². The van der Waals surface area contributed by atoms with Crippen molar-refractivity contribution in [3.05, 3.63) is 0 Å². The SMILES string of the molecule is CC(=O)O.CC(=O)O.CC(=O)O.CC(=O)O.NC[C@H]1O[C@H](O[C@H]2[C@H](O)[C@@H](O[C@@H]3O[C@H](CO)[C@@H](O)[C@H](O)[C@H]3N)[C@H](N)C[C@@H]2N)[C@H](O)[C@@H](O)[C@@H]1O. The number of hydrogen-bond donors (Lipinski definition) is 15. The summed E-state index contributed by atoms with van der Waals surface area (Å²) in [6.07, 6.45) is -16.4.